The minimum atomic E-state index is -0.0121. The first-order valence-corrected chi connectivity index (χ1v) is 9.42. The molecule has 1 atom stereocenters. The molecular weight excluding hydrogens is 340 g/mol. The topological polar surface area (TPSA) is 58.6 Å². The Bertz CT molecular complexity index is 759. The Hall–Kier alpha value is -2.82. The Balaban J connectivity index is 1.48. The fourth-order valence-corrected chi connectivity index (χ4v) is 3.39. The number of piperidine rings is 1. The number of carbonyl (C=O) groups is 2. The van der Waals surface area contributed by atoms with Crippen LogP contribution in [0.15, 0.2) is 54.6 Å². The molecule has 1 fully saturated rings. The van der Waals surface area contributed by atoms with Crippen molar-refractivity contribution in [3.8, 4) is 5.75 Å². The van der Waals surface area contributed by atoms with E-state index in [0.717, 1.165) is 25.1 Å². The maximum atomic E-state index is 12.6. The van der Waals surface area contributed by atoms with Crippen LogP contribution in [-0.4, -0.2) is 42.8 Å². The minimum absolute atomic E-state index is 0.0121. The number of Topliss-reactive ketones (excluding diaryl/α,β-unsaturated/α-hetero) is 1. The number of ether oxygens (including phenoxy) is 1. The predicted molar refractivity (Wildman–Crippen MR) is 106 cm³/mol. The number of carbonyl (C=O) groups excluding carboxylic acids is 2. The molecule has 1 saturated heterocycles. The number of amides is 1. The first-order chi connectivity index (χ1) is 13.2. The first-order valence-electron chi connectivity index (χ1n) is 9.42. The number of anilines is 1. The second-order valence-corrected chi connectivity index (χ2v) is 6.84. The van der Waals surface area contributed by atoms with Crippen molar-refractivity contribution >= 4 is 17.4 Å². The number of likely N-dealkylation sites (tertiary alicyclic amines) is 1. The standard InChI is InChI=1S/C22H26N2O3/c1-27-20-11-9-17(10-12-20)21(25)13-14-22(26)24-15-5-8-19(16-24)23-18-6-3-2-4-7-18/h2-4,6-7,9-12,19,23H,5,8,13-16H2,1H3. The number of benzene rings is 2. The second-order valence-electron chi connectivity index (χ2n) is 6.84. The lowest BCUT2D eigenvalue weighted by Crippen LogP contribution is -2.45. The Labute approximate surface area is 160 Å². The average Bonchev–Trinajstić information content (AvgIpc) is 2.72. The van der Waals surface area contributed by atoms with Gasteiger partial charge >= 0.3 is 0 Å². The molecule has 0 radical (unpaired) electrons. The van der Waals surface area contributed by atoms with E-state index < -0.39 is 0 Å². The van der Waals surface area contributed by atoms with E-state index in [1.54, 1.807) is 31.4 Å². The van der Waals surface area contributed by atoms with E-state index in [9.17, 15) is 9.59 Å². The van der Waals surface area contributed by atoms with Crippen LogP contribution in [0.1, 0.15) is 36.0 Å². The van der Waals surface area contributed by atoms with Crippen molar-refractivity contribution in [2.24, 2.45) is 0 Å². The molecule has 1 amide bonds. The summed E-state index contributed by atoms with van der Waals surface area (Å²) < 4.78 is 5.10. The van der Waals surface area contributed by atoms with Crippen LogP contribution in [0.3, 0.4) is 0 Å². The summed E-state index contributed by atoms with van der Waals surface area (Å²) in [6.07, 6.45) is 2.51. The van der Waals surface area contributed by atoms with Gasteiger partial charge in [-0.1, -0.05) is 18.2 Å². The molecule has 27 heavy (non-hydrogen) atoms. The van der Waals surface area contributed by atoms with E-state index >= 15 is 0 Å². The fourth-order valence-electron chi connectivity index (χ4n) is 3.39. The molecule has 1 aliphatic rings. The molecular formula is C22H26N2O3. The van der Waals surface area contributed by atoms with Crippen molar-refractivity contribution in [3.63, 3.8) is 0 Å². The molecule has 0 aromatic heterocycles. The van der Waals surface area contributed by atoms with Gasteiger partial charge in [0.1, 0.15) is 5.75 Å². The van der Waals surface area contributed by atoms with Gasteiger partial charge in [0, 0.05) is 43.2 Å². The summed E-state index contributed by atoms with van der Waals surface area (Å²) in [4.78, 5) is 26.8. The monoisotopic (exact) mass is 366 g/mol. The van der Waals surface area contributed by atoms with Crippen molar-refractivity contribution in [2.75, 3.05) is 25.5 Å². The lowest BCUT2D eigenvalue weighted by molar-refractivity contribution is -0.132. The Morgan fingerprint density at radius 2 is 1.81 bits per heavy atom. The van der Waals surface area contributed by atoms with Gasteiger partial charge < -0.3 is 15.0 Å². The van der Waals surface area contributed by atoms with Gasteiger partial charge in [0.15, 0.2) is 5.78 Å². The highest BCUT2D eigenvalue weighted by Gasteiger charge is 2.24. The minimum Gasteiger partial charge on any atom is -0.497 e. The number of nitrogens with one attached hydrogen (secondary N) is 1. The van der Waals surface area contributed by atoms with Gasteiger partial charge in [0.05, 0.1) is 7.11 Å². The van der Waals surface area contributed by atoms with Gasteiger partial charge in [0.25, 0.3) is 0 Å². The molecule has 0 bridgehead atoms. The number of hydrogen-bond acceptors (Lipinski definition) is 4. The Kier molecular flexibility index (Phi) is 6.47. The summed E-state index contributed by atoms with van der Waals surface area (Å²) >= 11 is 0. The molecule has 5 nitrogen and oxygen atoms in total. The molecule has 5 heteroatoms. The third-order valence-electron chi connectivity index (χ3n) is 4.90. The molecule has 3 rings (SSSR count). The van der Waals surface area contributed by atoms with E-state index in [1.807, 2.05) is 35.2 Å². The maximum absolute atomic E-state index is 12.6. The quantitative estimate of drug-likeness (QED) is 0.758. The molecule has 1 aliphatic heterocycles. The molecule has 0 spiro atoms. The normalized spacial score (nSPS) is 16.6. The zero-order chi connectivity index (χ0) is 19.1. The summed E-state index contributed by atoms with van der Waals surface area (Å²) in [6.45, 7) is 1.45. The van der Waals surface area contributed by atoms with Gasteiger partial charge in [-0.3, -0.25) is 9.59 Å². The maximum Gasteiger partial charge on any atom is 0.223 e. The molecule has 1 N–H and O–H groups in total. The van der Waals surface area contributed by atoms with Gasteiger partial charge in [0.2, 0.25) is 5.91 Å². The highest BCUT2D eigenvalue weighted by Crippen LogP contribution is 2.18. The number of para-hydroxylation sites is 1. The lowest BCUT2D eigenvalue weighted by Gasteiger charge is -2.33. The van der Waals surface area contributed by atoms with Gasteiger partial charge in [-0.2, -0.15) is 0 Å². The summed E-state index contributed by atoms with van der Waals surface area (Å²) in [5, 5.41) is 3.49. The van der Waals surface area contributed by atoms with Crippen LogP contribution in [0, 0.1) is 0 Å². The molecule has 1 unspecified atom stereocenters. The van der Waals surface area contributed by atoms with Crippen LogP contribution in [0.2, 0.25) is 0 Å². The molecule has 2 aromatic carbocycles. The smallest absolute Gasteiger partial charge is 0.223 e. The Morgan fingerprint density at radius 3 is 2.52 bits per heavy atom. The van der Waals surface area contributed by atoms with Gasteiger partial charge in [-0.15, -0.1) is 0 Å². The third kappa shape index (κ3) is 5.33. The van der Waals surface area contributed by atoms with E-state index in [0.29, 0.717) is 17.9 Å². The number of hydrogen-bond donors (Lipinski definition) is 1. The number of nitrogens with zero attached hydrogens (tertiary/aromatic N) is 1. The van der Waals surface area contributed by atoms with Crippen LogP contribution < -0.4 is 10.1 Å². The van der Waals surface area contributed by atoms with Crippen molar-refractivity contribution in [1.82, 2.24) is 4.90 Å². The Morgan fingerprint density at radius 1 is 1.07 bits per heavy atom. The molecule has 0 aliphatic carbocycles. The first kappa shape index (κ1) is 19.0. The number of rotatable bonds is 7. The number of ketones is 1. The second kappa shape index (κ2) is 9.21. The van der Waals surface area contributed by atoms with Crippen LogP contribution >= 0.6 is 0 Å². The molecule has 142 valence electrons. The van der Waals surface area contributed by atoms with Crippen LogP contribution in [-0.2, 0) is 4.79 Å². The zero-order valence-electron chi connectivity index (χ0n) is 15.7. The molecule has 1 heterocycles. The number of methoxy groups -OCH3 is 1. The molecule has 0 saturated carbocycles. The largest absolute Gasteiger partial charge is 0.497 e. The van der Waals surface area contributed by atoms with Crippen molar-refractivity contribution in [2.45, 2.75) is 31.7 Å². The van der Waals surface area contributed by atoms with Crippen molar-refractivity contribution in [1.29, 1.82) is 0 Å². The average molecular weight is 366 g/mol. The summed E-state index contributed by atoms with van der Waals surface area (Å²) in [7, 11) is 1.59. The summed E-state index contributed by atoms with van der Waals surface area (Å²) in [6, 6.07) is 17.3. The highest BCUT2D eigenvalue weighted by molar-refractivity contribution is 5.98. The van der Waals surface area contributed by atoms with Crippen LogP contribution in [0.25, 0.3) is 0 Å². The van der Waals surface area contributed by atoms with Gasteiger partial charge in [-0.25, -0.2) is 0 Å². The van der Waals surface area contributed by atoms with Crippen molar-refractivity contribution < 1.29 is 14.3 Å². The van der Waals surface area contributed by atoms with E-state index in [2.05, 4.69) is 5.32 Å². The lowest BCUT2D eigenvalue weighted by atomic mass is 10.0. The van der Waals surface area contributed by atoms with Crippen LogP contribution in [0.4, 0.5) is 5.69 Å². The van der Waals surface area contributed by atoms with Gasteiger partial charge in [-0.05, 0) is 49.2 Å². The highest BCUT2D eigenvalue weighted by atomic mass is 16.5. The SMILES string of the molecule is COc1ccc(C(=O)CCC(=O)N2CCCC(Nc3ccccc3)C2)cc1. The third-order valence-corrected chi connectivity index (χ3v) is 4.90. The van der Waals surface area contributed by atoms with Crippen molar-refractivity contribution in [3.05, 3.63) is 60.2 Å². The summed E-state index contributed by atoms with van der Waals surface area (Å²) in [5.41, 5.74) is 1.69. The fraction of sp³-hybridized carbons (Fsp3) is 0.364. The van der Waals surface area contributed by atoms with E-state index in [4.69, 9.17) is 4.74 Å². The predicted octanol–water partition coefficient (Wildman–Crippen LogP) is 3.76. The van der Waals surface area contributed by atoms with E-state index in [-0.39, 0.29) is 30.6 Å². The molecule has 2 aromatic rings. The van der Waals surface area contributed by atoms with E-state index in [1.165, 1.54) is 0 Å². The summed E-state index contributed by atoms with van der Waals surface area (Å²) in [5.74, 6) is 0.756. The zero-order valence-corrected chi connectivity index (χ0v) is 15.7. The van der Waals surface area contributed by atoms with Crippen LogP contribution in [0.5, 0.6) is 5.75 Å².